The van der Waals surface area contributed by atoms with Crippen LogP contribution in [0.1, 0.15) is 76.2 Å². The number of methoxy groups -OCH3 is 1. The number of aryl methyl sites for hydroxylation is 1. The van der Waals surface area contributed by atoms with E-state index < -0.39 is 42.4 Å². The zero-order valence-corrected chi connectivity index (χ0v) is 33.2. The van der Waals surface area contributed by atoms with Crippen LogP contribution in [0.25, 0.3) is 22.3 Å². The first kappa shape index (κ1) is 39.9. The molecule has 0 saturated carbocycles. The van der Waals surface area contributed by atoms with Gasteiger partial charge in [0.25, 0.3) is 0 Å². The number of aromatic hydroxyl groups is 1. The maximum absolute atomic E-state index is 14.0. The minimum atomic E-state index is -1.63. The Morgan fingerprint density at radius 2 is 1.22 bits per heavy atom. The Kier molecular flexibility index (Phi) is 11.7. The van der Waals surface area contributed by atoms with Crippen molar-refractivity contribution in [2.24, 2.45) is 0 Å². The highest BCUT2D eigenvalue weighted by molar-refractivity contribution is 5.96. The highest BCUT2D eigenvalue weighted by Gasteiger charge is 2.37. The zero-order chi connectivity index (χ0) is 41.8. The Morgan fingerprint density at radius 3 is 1.73 bits per heavy atom. The van der Waals surface area contributed by atoms with Crippen LogP contribution in [-0.4, -0.2) is 67.8 Å². The minimum Gasteiger partial charge on any atom is -0.507 e. The van der Waals surface area contributed by atoms with Gasteiger partial charge >= 0.3 is 18.3 Å². The summed E-state index contributed by atoms with van der Waals surface area (Å²) in [5.74, 6) is -1.94. The molecule has 0 saturated heterocycles. The van der Waals surface area contributed by atoms with Crippen LogP contribution in [0.15, 0.2) is 121 Å². The van der Waals surface area contributed by atoms with E-state index in [1.165, 1.54) is 25.3 Å². The summed E-state index contributed by atoms with van der Waals surface area (Å²) < 4.78 is 34.2. The number of hydrogen-bond acceptors (Lipinski definition) is 11. The molecule has 11 nitrogen and oxygen atoms in total. The van der Waals surface area contributed by atoms with Gasteiger partial charge in [-0.1, -0.05) is 103 Å². The molecule has 0 amide bonds. The van der Waals surface area contributed by atoms with Gasteiger partial charge in [-0.15, -0.1) is 0 Å². The number of phenolic OH excluding ortho intramolecular Hbond substituents is 1. The van der Waals surface area contributed by atoms with Crippen molar-refractivity contribution in [3.05, 3.63) is 155 Å². The maximum Gasteiger partial charge on any atom is 0.509 e. The Hall–Kier alpha value is -6.88. The first-order valence-corrected chi connectivity index (χ1v) is 20.0. The SMILES string of the molecule is COc1cc(O)c2c(c1)CCCC(OC(=O)OCC1c3ccccc3-c3ccccc31)C(OC(=O)OCC1c3ccccc3-c3ccccc31)C(=O)/C=C\CC(C)OC2=O. The number of ketones is 1. The number of benzene rings is 5. The van der Waals surface area contributed by atoms with Crippen molar-refractivity contribution in [1.82, 2.24) is 0 Å². The molecule has 3 unspecified atom stereocenters. The molecule has 306 valence electrons. The van der Waals surface area contributed by atoms with Crippen molar-refractivity contribution < 1.29 is 52.7 Å². The van der Waals surface area contributed by atoms with Crippen LogP contribution in [0.4, 0.5) is 9.59 Å². The Balaban J connectivity index is 1.05. The van der Waals surface area contributed by atoms with Crippen molar-refractivity contribution in [2.45, 2.75) is 62.8 Å². The van der Waals surface area contributed by atoms with Gasteiger partial charge < -0.3 is 33.5 Å². The number of carbonyl (C=O) groups excluding carboxylic acids is 4. The molecule has 11 heteroatoms. The summed E-state index contributed by atoms with van der Waals surface area (Å²) in [6, 6.07) is 34.6. The van der Waals surface area contributed by atoms with E-state index in [2.05, 4.69) is 0 Å². The number of esters is 1. The van der Waals surface area contributed by atoms with E-state index >= 15 is 0 Å². The van der Waals surface area contributed by atoms with Crippen molar-refractivity contribution >= 4 is 24.1 Å². The molecule has 3 atom stereocenters. The number of hydrogen-bond donors (Lipinski definition) is 1. The lowest BCUT2D eigenvalue weighted by Gasteiger charge is -2.26. The second-order valence-corrected chi connectivity index (χ2v) is 15.1. The molecule has 3 aliphatic rings. The molecule has 5 aromatic rings. The van der Waals surface area contributed by atoms with Crippen LogP contribution < -0.4 is 4.74 Å². The first-order chi connectivity index (χ1) is 29.2. The molecule has 2 aliphatic carbocycles. The third-order valence-corrected chi connectivity index (χ3v) is 11.4. The maximum atomic E-state index is 14.0. The van der Waals surface area contributed by atoms with Gasteiger partial charge in [0.15, 0.2) is 5.78 Å². The summed E-state index contributed by atoms with van der Waals surface area (Å²) in [4.78, 5) is 54.7. The van der Waals surface area contributed by atoms with E-state index in [9.17, 15) is 24.3 Å². The van der Waals surface area contributed by atoms with Crippen LogP contribution in [0.5, 0.6) is 11.5 Å². The standard InChI is InChI=1S/C49H44O11/c1-29-13-11-23-42(50)46(60-49(54)57-28-41-38-21-9-5-17-34(38)35-18-6-10-22-39(35)41)44(24-12-14-30-25-31(55-2)26-43(51)45(30)47(52)58-29)59-48(53)56-27-40-36-19-7-3-15-32(36)33-16-4-8-20-37(33)40/h3-11,15-23,25-26,29,40-41,44,46,51H,12-14,24,27-28H2,1-2H3/b23-11-. The van der Waals surface area contributed by atoms with Gasteiger partial charge in [-0.05, 0) is 88.4 Å². The number of carbonyl (C=O) groups is 4. The molecule has 0 bridgehead atoms. The van der Waals surface area contributed by atoms with Crippen LogP contribution >= 0.6 is 0 Å². The molecule has 0 radical (unpaired) electrons. The predicted octanol–water partition coefficient (Wildman–Crippen LogP) is 9.47. The number of phenols is 1. The van der Waals surface area contributed by atoms with Gasteiger partial charge in [-0.3, -0.25) is 4.79 Å². The van der Waals surface area contributed by atoms with E-state index in [1.807, 2.05) is 97.1 Å². The molecule has 1 aliphatic heterocycles. The summed E-state index contributed by atoms with van der Waals surface area (Å²) in [6.45, 7) is 1.54. The Morgan fingerprint density at radius 1 is 0.717 bits per heavy atom. The van der Waals surface area contributed by atoms with Crippen molar-refractivity contribution in [3.8, 4) is 33.8 Å². The van der Waals surface area contributed by atoms with Gasteiger partial charge in [0.2, 0.25) is 6.10 Å². The van der Waals surface area contributed by atoms with Crippen LogP contribution in [0.3, 0.4) is 0 Å². The smallest absolute Gasteiger partial charge is 0.507 e. The molecule has 0 fully saturated rings. The van der Waals surface area contributed by atoms with Gasteiger partial charge in [0, 0.05) is 24.3 Å². The molecule has 1 heterocycles. The highest BCUT2D eigenvalue weighted by Crippen LogP contribution is 2.46. The summed E-state index contributed by atoms with van der Waals surface area (Å²) in [6.07, 6.45) is -2.70. The van der Waals surface area contributed by atoms with Crippen LogP contribution in [-0.2, 0) is 34.9 Å². The third kappa shape index (κ3) is 8.20. The molecular weight excluding hydrogens is 765 g/mol. The second kappa shape index (κ2) is 17.5. The quantitative estimate of drug-likeness (QED) is 0.124. The molecule has 0 spiro atoms. The summed E-state index contributed by atoms with van der Waals surface area (Å²) in [7, 11) is 1.44. The summed E-state index contributed by atoms with van der Waals surface area (Å²) in [5, 5.41) is 10.9. The lowest BCUT2D eigenvalue weighted by Crippen LogP contribution is -2.41. The average molecular weight is 809 g/mol. The van der Waals surface area contributed by atoms with E-state index in [0.29, 0.717) is 11.3 Å². The number of cyclic esters (lactones) is 1. The topological polar surface area (TPSA) is 144 Å². The highest BCUT2D eigenvalue weighted by atomic mass is 16.8. The largest absolute Gasteiger partial charge is 0.509 e. The van der Waals surface area contributed by atoms with Gasteiger partial charge in [-0.2, -0.15) is 0 Å². The molecule has 8 rings (SSSR count). The first-order valence-electron chi connectivity index (χ1n) is 20.0. The zero-order valence-electron chi connectivity index (χ0n) is 33.2. The van der Waals surface area contributed by atoms with Crippen molar-refractivity contribution in [3.63, 3.8) is 0 Å². The van der Waals surface area contributed by atoms with Crippen molar-refractivity contribution in [1.29, 1.82) is 0 Å². The Bertz CT molecular complexity index is 2380. The third-order valence-electron chi connectivity index (χ3n) is 11.4. The molecule has 60 heavy (non-hydrogen) atoms. The van der Waals surface area contributed by atoms with Gasteiger partial charge in [0.05, 0.1) is 7.11 Å². The van der Waals surface area contributed by atoms with E-state index in [1.54, 1.807) is 13.0 Å². The fourth-order valence-electron chi connectivity index (χ4n) is 8.53. The molecule has 0 aromatic heterocycles. The summed E-state index contributed by atoms with van der Waals surface area (Å²) in [5.41, 5.74) is 8.59. The van der Waals surface area contributed by atoms with Gasteiger partial charge in [0.1, 0.15) is 42.5 Å². The van der Waals surface area contributed by atoms with Crippen molar-refractivity contribution in [2.75, 3.05) is 20.3 Å². The second-order valence-electron chi connectivity index (χ2n) is 15.1. The van der Waals surface area contributed by atoms with Crippen LogP contribution in [0.2, 0.25) is 0 Å². The molecular formula is C49H44O11. The van der Waals surface area contributed by atoms with Gasteiger partial charge in [-0.25, -0.2) is 14.4 Å². The predicted molar refractivity (Wildman–Crippen MR) is 221 cm³/mol. The number of ether oxygens (including phenoxy) is 6. The Labute approximate surface area is 347 Å². The normalized spacial score (nSPS) is 19.3. The van der Waals surface area contributed by atoms with Crippen LogP contribution in [0, 0.1) is 0 Å². The molecule has 5 aromatic carbocycles. The van der Waals surface area contributed by atoms with E-state index in [0.717, 1.165) is 44.5 Å². The molecule has 1 N–H and O–H groups in total. The monoisotopic (exact) mass is 808 g/mol. The fourth-order valence-corrected chi connectivity index (χ4v) is 8.53. The lowest BCUT2D eigenvalue weighted by molar-refractivity contribution is -0.132. The number of rotatable bonds is 7. The lowest BCUT2D eigenvalue weighted by atomic mass is 9.96. The average Bonchev–Trinajstić information content (AvgIpc) is 3.75. The van der Waals surface area contributed by atoms with E-state index in [-0.39, 0.29) is 62.0 Å². The van der Waals surface area contributed by atoms with E-state index in [4.69, 9.17) is 28.4 Å². The number of fused-ring (bicyclic) bond motifs is 7. The summed E-state index contributed by atoms with van der Waals surface area (Å²) >= 11 is 0. The fraction of sp³-hybridized carbons (Fsp3) is 0.265. The minimum absolute atomic E-state index is 0.0199.